The number of hydrogen-bond acceptors (Lipinski definition) is 7. The molecular formula is C22H28BrNO5S2. The molecule has 6 nitrogen and oxygen atoms in total. The Morgan fingerprint density at radius 2 is 1.87 bits per heavy atom. The van der Waals surface area contributed by atoms with Gasteiger partial charge in [0.25, 0.3) is 5.91 Å². The average molecular weight is 531 g/mol. The predicted octanol–water partition coefficient (Wildman–Crippen LogP) is 5.57. The van der Waals surface area contributed by atoms with Gasteiger partial charge in [-0.3, -0.25) is 14.5 Å². The van der Waals surface area contributed by atoms with E-state index in [1.54, 1.807) is 11.8 Å². The maximum absolute atomic E-state index is 12.8. The first kappa shape index (κ1) is 25.7. The van der Waals surface area contributed by atoms with Crippen molar-refractivity contribution in [2.45, 2.75) is 46.5 Å². The van der Waals surface area contributed by atoms with Crippen LogP contribution in [0, 0.1) is 0 Å². The summed E-state index contributed by atoms with van der Waals surface area (Å²) in [5.74, 6) is 1.01. The summed E-state index contributed by atoms with van der Waals surface area (Å²) in [6.07, 6.45) is 4.58. The van der Waals surface area contributed by atoms with Crippen molar-refractivity contribution in [1.82, 2.24) is 4.90 Å². The lowest BCUT2D eigenvalue weighted by Gasteiger charge is -2.14. The van der Waals surface area contributed by atoms with Gasteiger partial charge in [0, 0.05) is 13.0 Å². The molecule has 0 bridgehead atoms. The molecule has 1 saturated heterocycles. The molecule has 1 fully saturated rings. The zero-order valence-corrected chi connectivity index (χ0v) is 21.3. The van der Waals surface area contributed by atoms with E-state index in [1.165, 1.54) is 11.8 Å². The Morgan fingerprint density at radius 1 is 1.13 bits per heavy atom. The summed E-state index contributed by atoms with van der Waals surface area (Å²) in [7, 11) is 0. The van der Waals surface area contributed by atoms with Crippen LogP contribution in [0.1, 0.15) is 52.0 Å². The van der Waals surface area contributed by atoms with Crippen LogP contribution < -0.4 is 9.47 Å². The van der Waals surface area contributed by atoms with E-state index in [1.807, 2.05) is 32.1 Å². The molecule has 1 aliphatic rings. The molecule has 0 spiro atoms. The van der Waals surface area contributed by atoms with E-state index in [-0.39, 0.29) is 11.9 Å². The summed E-state index contributed by atoms with van der Waals surface area (Å²) in [6, 6.07) is 3.76. The van der Waals surface area contributed by atoms with Gasteiger partial charge in [0.15, 0.2) is 11.5 Å². The normalized spacial score (nSPS) is 15.0. The largest absolute Gasteiger partial charge is 0.490 e. The van der Waals surface area contributed by atoms with Gasteiger partial charge in [-0.1, -0.05) is 30.4 Å². The topological polar surface area (TPSA) is 65.1 Å². The third kappa shape index (κ3) is 7.50. The number of ether oxygens (including phenoxy) is 3. The van der Waals surface area contributed by atoms with Crippen molar-refractivity contribution in [2.24, 2.45) is 0 Å². The summed E-state index contributed by atoms with van der Waals surface area (Å²) < 4.78 is 17.6. The Balaban J connectivity index is 2.02. The van der Waals surface area contributed by atoms with Gasteiger partial charge in [0.1, 0.15) is 4.32 Å². The van der Waals surface area contributed by atoms with E-state index in [2.05, 4.69) is 15.9 Å². The summed E-state index contributed by atoms with van der Waals surface area (Å²) in [5, 5.41) is 0. The smallest absolute Gasteiger partial charge is 0.305 e. The first-order chi connectivity index (χ1) is 14.9. The Bertz CT molecular complexity index is 843. The summed E-state index contributed by atoms with van der Waals surface area (Å²) in [4.78, 5) is 26.4. The second-order valence-electron chi connectivity index (χ2n) is 6.65. The molecule has 1 aromatic rings. The number of carbonyl (C=O) groups is 2. The monoisotopic (exact) mass is 529 g/mol. The third-order valence-electron chi connectivity index (χ3n) is 4.36. The maximum atomic E-state index is 12.8. The maximum Gasteiger partial charge on any atom is 0.305 e. The number of thiocarbonyl (C=S) groups is 1. The fourth-order valence-electron chi connectivity index (χ4n) is 3.01. The van der Waals surface area contributed by atoms with Crippen LogP contribution in [-0.2, 0) is 14.3 Å². The number of unbranched alkanes of at least 4 members (excludes halogenated alkanes) is 2. The Hall–Kier alpha value is -1.58. The van der Waals surface area contributed by atoms with E-state index < -0.39 is 0 Å². The van der Waals surface area contributed by atoms with Gasteiger partial charge in [-0.05, 0) is 73.3 Å². The second-order valence-corrected chi connectivity index (χ2v) is 9.18. The van der Waals surface area contributed by atoms with E-state index in [9.17, 15) is 9.59 Å². The van der Waals surface area contributed by atoms with Crippen LogP contribution in [-0.4, -0.2) is 47.5 Å². The first-order valence-corrected chi connectivity index (χ1v) is 12.4. The average Bonchev–Trinajstić information content (AvgIpc) is 2.98. The van der Waals surface area contributed by atoms with E-state index >= 15 is 0 Å². The fourth-order valence-corrected chi connectivity index (χ4v) is 4.89. The van der Waals surface area contributed by atoms with Crippen molar-refractivity contribution in [3.8, 4) is 11.5 Å². The Morgan fingerprint density at radius 3 is 2.55 bits per heavy atom. The summed E-state index contributed by atoms with van der Waals surface area (Å²) in [6.45, 7) is 7.60. The van der Waals surface area contributed by atoms with Gasteiger partial charge in [0.05, 0.1) is 29.2 Å². The van der Waals surface area contributed by atoms with Gasteiger partial charge < -0.3 is 14.2 Å². The molecule has 31 heavy (non-hydrogen) atoms. The second kappa shape index (κ2) is 13.1. The highest BCUT2D eigenvalue weighted by Crippen LogP contribution is 2.39. The number of halogens is 1. The molecule has 0 saturated carbocycles. The molecule has 0 radical (unpaired) electrons. The zero-order valence-electron chi connectivity index (χ0n) is 18.1. The highest BCUT2D eigenvalue weighted by atomic mass is 79.9. The van der Waals surface area contributed by atoms with Crippen molar-refractivity contribution in [1.29, 1.82) is 0 Å². The minimum atomic E-state index is -0.177. The van der Waals surface area contributed by atoms with Crippen LogP contribution in [0.5, 0.6) is 11.5 Å². The number of nitrogens with zero attached hydrogens (tertiary/aromatic N) is 1. The summed E-state index contributed by atoms with van der Waals surface area (Å²) in [5.41, 5.74) is 0.828. The first-order valence-electron chi connectivity index (χ1n) is 10.4. The van der Waals surface area contributed by atoms with Crippen LogP contribution in [0.3, 0.4) is 0 Å². The lowest BCUT2D eigenvalue weighted by molar-refractivity contribution is -0.143. The van der Waals surface area contributed by atoms with Crippen molar-refractivity contribution in [2.75, 3.05) is 26.4 Å². The van der Waals surface area contributed by atoms with Gasteiger partial charge in [-0.2, -0.15) is 0 Å². The molecule has 2 rings (SSSR count). The number of rotatable bonds is 12. The van der Waals surface area contributed by atoms with E-state index in [0.29, 0.717) is 53.5 Å². The van der Waals surface area contributed by atoms with Crippen molar-refractivity contribution in [3.63, 3.8) is 0 Å². The number of thioether (sulfide) groups is 1. The number of carbonyl (C=O) groups excluding carboxylic acids is 2. The minimum absolute atomic E-state index is 0.0941. The molecule has 0 aliphatic carbocycles. The molecule has 0 N–H and O–H groups in total. The number of amides is 1. The molecule has 0 atom stereocenters. The highest BCUT2D eigenvalue weighted by Gasteiger charge is 2.31. The number of benzene rings is 1. The molecule has 1 amide bonds. The van der Waals surface area contributed by atoms with Crippen LogP contribution in [0.4, 0.5) is 0 Å². The zero-order chi connectivity index (χ0) is 22.8. The molecule has 1 heterocycles. The van der Waals surface area contributed by atoms with Crippen molar-refractivity contribution >= 4 is 62.2 Å². The van der Waals surface area contributed by atoms with E-state index in [4.69, 9.17) is 26.4 Å². The molecule has 1 aromatic carbocycles. The van der Waals surface area contributed by atoms with Crippen LogP contribution in [0.15, 0.2) is 21.5 Å². The third-order valence-corrected chi connectivity index (χ3v) is 6.33. The van der Waals surface area contributed by atoms with Crippen LogP contribution in [0.25, 0.3) is 6.08 Å². The van der Waals surface area contributed by atoms with Crippen molar-refractivity contribution < 1.29 is 23.8 Å². The van der Waals surface area contributed by atoms with Crippen molar-refractivity contribution in [3.05, 3.63) is 27.1 Å². The lowest BCUT2D eigenvalue weighted by Crippen LogP contribution is -2.29. The fraction of sp³-hybridized carbons (Fsp3) is 0.500. The quantitative estimate of drug-likeness (QED) is 0.152. The molecule has 1 aliphatic heterocycles. The van der Waals surface area contributed by atoms with Crippen LogP contribution in [0.2, 0.25) is 0 Å². The summed E-state index contributed by atoms with van der Waals surface area (Å²) >= 11 is 10.2. The molecule has 9 heteroatoms. The van der Waals surface area contributed by atoms with Gasteiger partial charge in [-0.15, -0.1) is 0 Å². The van der Waals surface area contributed by atoms with Gasteiger partial charge in [-0.25, -0.2) is 0 Å². The van der Waals surface area contributed by atoms with E-state index in [0.717, 1.165) is 29.3 Å². The Kier molecular flexibility index (Phi) is 10.8. The SMILES string of the molecule is CCOC(=O)CCCCCN1C(=O)/C(=C/c2cc(Br)c(OCC)c(OCC)c2)SC1=S. The highest BCUT2D eigenvalue weighted by molar-refractivity contribution is 9.10. The number of esters is 1. The van der Waals surface area contributed by atoms with Gasteiger partial charge in [0.2, 0.25) is 0 Å². The lowest BCUT2D eigenvalue weighted by atomic mass is 10.1. The van der Waals surface area contributed by atoms with Crippen LogP contribution >= 0.6 is 39.9 Å². The molecular weight excluding hydrogens is 502 g/mol. The number of hydrogen-bond donors (Lipinski definition) is 0. The molecule has 0 unspecified atom stereocenters. The standard InChI is InChI=1S/C22H28BrNO5S2/c1-4-27-17-13-15(12-16(23)20(17)29-6-3)14-18-21(26)24(22(30)31-18)11-9-7-8-10-19(25)28-5-2/h12-14H,4-11H2,1-3H3/b18-14-. The Labute approximate surface area is 201 Å². The minimum Gasteiger partial charge on any atom is -0.490 e. The predicted molar refractivity (Wildman–Crippen MR) is 131 cm³/mol. The molecule has 0 aromatic heterocycles. The van der Waals surface area contributed by atoms with Gasteiger partial charge >= 0.3 is 5.97 Å². The molecule has 170 valence electrons.